The average molecular weight is 457 g/mol. The number of ether oxygens (including phenoxy) is 1. The molecule has 2 aromatic carbocycles. The van der Waals surface area contributed by atoms with Gasteiger partial charge in [-0.15, -0.1) is 0 Å². The minimum Gasteiger partial charge on any atom is -0.484 e. The van der Waals surface area contributed by atoms with Gasteiger partial charge in [0.15, 0.2) is 0 Å². The molecule has 4 unspecified atom stereocenters. The number of hydrogen-bond donors (Lipinski definition) is 0. The van der Waals surface area contributed by atoms with E-state index in [-0.39, 0.29) is 6.10 Å². The van der Waals surface area contributed by atoms with E-state index in [1.54, 1.807) is 0 Å². The monoisotopic (exact) mass is 456 g/mol. The fourth-order valence-corrected chi connectivity index (χ4v) is 6.04. The molecule has 3 nitrogen and oxygen atoms in total. The van der Waals surface area contributed by atoms with E-state index in [4.69, 9.17) is 9.73 Å². The maximum Gasteiger partial charge on any atom is 0.140 e. The van der Waals surface area contributed by atoms with Crippen LogP contribution in [0.1, 0.15) is 81.2 Å². The van der Waals surface area contributed by atoms with Crippen LogP contribution in [0.2, 0.25) is 0 Å². The van der Waals surface area contributed by atoms with Gasteiger partial charge < -0.3 is 4.74 Å². The highest BCUT2D eigenvalue weighted by Crippen LogP contribution is 2.40. The van der Waals surface area contributed by atoms with Crippen molar-refractivity contribution in [2.75, 3.05) is 19.6 Å². The van der Waals surface area contributed by atoms with Crippen LogP contribution < -0.4 is 4.74 Å². The summed E-state index contributed by atoms with van der Waals surface area (Å²) < 4.78 is 6.78. The molecular formula is C31H40N2O. The van der Waals surface area contributed by atoms with Crippen LogP contribution in [0.4, 0.5) is 0 Å². The van der Waals surface area contributed by atoms with Gasteiger partial charge in [0.1, 0.15) is 11.9 Å². The van der Waals surface area contributed by atoms with E-state index in [1.807, 2.05) is 0 Å². The largest absolute Gasteiger partial charge is 0.484 e. The summed E-state index contributed by atoms with van der Waals surface area (Å²) in [4.78, 5) is 7.57. The van der Waals surface area contributed by atoms with Gasteiger partial charge >= 0.3 is 0 Å². The fourth-order valence-electron chi connectivity index (χ4n) is 6.04. The number of benzene rings is 2. The Hall–Kier alpha value is -2.39. The predicted molar refractivity (Wildman–Crippen MR) is 142 cm³/mol. The molecule has 0 bridgehead atoms. The topological polar surface area (TPSA) is 24.8 Å². The van der Waals surface area contributed by atoms with E-state index in [2.05, 4.69) is 82.0 Å². The summed E-state index contributed by atoms with van der Waals surface area (Å²) in [6.07, 6.45) is 4.77. The first-order valence-corrected chi connectivity index (χ1v) is 13.2. The second-order valence-electron chi connectivity index (χ2n) is 11.1. The molecule has 0 aromatic heterocycles. The Morgan fingerprint density at radius 1 is 0.941 bits per heavy atom. The molecule has 0 amide bonds. The Morgan fingerprint density at radius 3 is 2.47 bits per heavy atom. The summed E-state index contributed by atoms with van der Waals surface area (Å²) in [5.74, 6) is 2.15. The third kappa shape index (κ3) is 4.73. The van der Waals surface area contributed by atoms with Gasteiger partial charge in [0, 0.05) is 18.2 Å². The second kappa shape index (κ2) is 9.70. The molecule has 2 aliphatic heterocycles. The first-order chi connectivity index (χ1) is 16.4. The van der Waals surface area contributed by atoms with Crippen molar-refractivity contribution >= 4 is 5.71 Å². The average Bonchev–Trinajstić information content (AvgIpc) is 3.41. The van der Waals surface area contributed by atoms with Gasteiger partial charge in [-0.05, 0) is 94.7 Å². The van der Waals surface area contributed by atoms with E-state index in [9.17, 15) is 0 Å². The zero-order valence-electron chi connectivity index (χ0n) is 21.6. The van der Waals surface area contributed by atoms with Crippen LogP contribution in [0, 0.1) is 12.8 Å². The fraction of sp³-hybridized carbons (Fsp3) is 0.516. The van der Waals surface area contributed by atoms with Gasteiger partial charge in [-0.25, -0.2) is 0 Å². The molecule has 1 aliphatic carbocycles. The quantitative estimate of drug-likeness (QED) is 0.460. The number of aliphatic imine (C=N–C) groups is 1. The van der Waals surface area contributed by atoms with Crippen molar-refractivity contribution in [2.24, 2.45) is 10.9 Å². The van der Waals surface area contributed by atoms with E-state index in [0.29, 0.717) is 12.0 Å². The van der Waals surface area contributed by atoms with Gasteiger partial charge in [-0.3, -0.25) is 9.89 Å². The molecule has 34 heavy (non-hydrogen) atoms. The van der Waals surface area contributed by atoms with Crippen molar-refractivity contribution in [3.05, 3.63) is 75.9 Å². The van der Waals surface area contributed by atoms with Crippen LogP contribution in [0.3, 0.4) is 0 Å². The Morgan fingerprint density at radius 2 is 1.74 bits per heavy atom. The molecule has 3 heteroatoms. The molecule has 4 atom stereocenters. The smallest absolute Gasteiger partial charge is 0.140 e. The minimum absolute atomic E-state index is 0.103. The normalized spacial score (nSPS) is 27.9. The molecule has 2 aromatic rings. The Bertz CT molecular complexity index is 1100. The van der Waals surface area contributed by atoms with Crippen molar-refractivity contribution in [1.82, 2.24) is 4.90 Å². The zero-order valence-corrected chi connectivity index (χ0v) is 21.6. The lowest BCUT2D eigenvalue weighted by molar-refractivity contribution is 0.0919. The summed E-state index contributed by atoms with van der Waals surface area (Å²) in [5.41, 5.74) is 9.69. The van der Waals surface area contributed by atoms with Crippen molar-refractivity contribution in [3.8, 4) is 5.75 Å². The number of likely N-dealkylation sites (tertiary alicyclic amines) is 1. The number of hydrogen-bond acceptors (Lipinski definition) is 3. The number of fused-ring (bicyclic) bond motifs is 1. The van der Waals surface area contributed by atoms with Crippen LogP contribution >= 0.6 is 0 Å². The lowest BCUT2D eigenvalue weighted by atomic mass is 9.87. The molecule has 5 rings (SSSR count). The molecule has 180 valence electrons. The first kappa shape index (κ1) is 23.4. The molecule has 1 fully saturated rings. The van der Waals surface area contributed by atoms with Gasteiger partial charge in [-0.1, -0.05) is 54.0 Å². The summed E-state index contributed by atoms with van der Waals surface area (Å²) in [5, 5.41) is 0. The molecule has 0 radical (unpaired) electrons. The Balaban J connectivity index is 1.36. The zero-order chi connectivity index (χ0) is 23.8. The van der Waals surface area contributed by atoms with Crippen molar-refractivity contribution in [1.29, 1.82) is 0 Å². The van der Waals surface area contributed by atoms with Crippen LogP contribution in [0.5, 0.6) is 5.75 Å². The third-order valence-corrected chi connectivity index (χ3v) is 8.46. The Labute approximate surface area is 205 Å². The van der Waals surface area contributed by atoms with Gasteiger partial charge in [-0.2, -0.15) is 0 Å². The molecule has 0 N–H and O–H groups in total. The lowest BCUT2D eigenvalue weighted by Crippen LogP contribution is -2.38. The van der Waals surface area contributed by atoms with Gasteiger partial charge in [0.25, 0.3) is 0 Å². The standard InChI is InChI=1S/C31H40N2O/c1-20-6-8-26-17-30(33-15-14-21(2)19-33)31(29(26)16-20)34-27-11-9-25(10-12-27)28-13-7-22(3)23(4)18-32-24(28)5/h6,8-12,16,21,28,30-31H,7,13-15,17-19H2,1-5H3. The highest BCUT2D eigenvalue weighted by Gasteiger charge is 2.40. The molecule has 0 saturated carbocycles. The van der Waals surface area contributed by atoms with Crippen molar-refractivity contribution < 1.29 is 4.74 Å². The summed E-state index contributed by atoms with van der Waals surface area (Å²) in [6.45, 7) is 14.5. The second-order valence-corrected chi connectivity index (χ2v) is 11.1. The first-order valence-electron chi connectivity index (χ1n) is 13.2. The van der Waals surface area contributed by atoms with Gasteiger partial charge in [0.05, 0.1) is 12.6 Å². The summed E-state index contributed by atoms with van der Waals surface area (Å²) in [6, 6.07) is 16.3. The van der Waals surface area contributed by atoms with Crippen LogP contribution in [-0.2, 0) is 6.42 Å². The predicted octanol–water partition coefficient (Wildman–Crippen LogP) is 7.06. The lowest BCUT2D eigenvalue weighted by Gasteiger charge is -2.30. The summed E-state index contributed by atoms with van der Waals surface area (Å²) in [7, 11) is 0. The van der Waals surface area contributed by atoms with E-state index >= 15 is 0 Å². The van der Waals surface area contributed by atoms with Gasteiger partial charge in [0.2, 0.25) is 0 Å². The van der Waals surface area contributed by atoms with Crippen LogP contribution in [-0.4, -0.2) is 36.3 Å². The molecular weight excluding hydrogens is 416 g/mol. The number of nitrogens with zero attached hydrogens (tertiary/aromatic N) is 2. The maximum atomic E-state index is 6.78. The molecule has 3 aliphatic rings. The molecule has 0 spiro atoms. The highest BCUT2D eigenvalue weighted by atomic mass is 16.5. The number of aryl methyl sites for hydroxylation is 1. The highest BCUT2D eigenvalue weighted by molar-refractivity contribution is 5.89. The van der Waals surface area contributed by atoms with E-state index in [0.717, 1.165) is 37.5 Å². The Kier molecular flexibility index (Phi) is 6.66. The van der Waals surface area contributed by atoms with Crippen LogP contribution in [0.15, 0.2) is 58.6 Å². The van der Waals surface area contributed by atoms with Crippen molar-refractivity contribution in [3.63, 3.8) is 0 Å². The SMILES string of the molecule is CC1=NCC(C)=C(C)CCC1c1ccc(OC2c3cc(C)ccc3CC2N2CCC(C)C2)cc1. The van der Waals surface area contributed by atoms with E-state index < -0.39 is 0 Å². The minimum atomic E-state index is 0.103. The molecule has 1 saturated heterocycles. The maximum absolute atomic E-state index is 6.78. The summed E-state index contributed by atoms with van der Waals surface area (Å²) >= 11 is 0. The van der Waals surface area contributed by atoms with E-state index in [1.165, 1.54) is 58.6 Å². The number of rotatable bonds is 4. The van der Waals surface area contributed by atoms with Crippen LogP contribution in [0.25, 0.3) is 0 Å². The van der Waals surface area contributed by atoms with Crippen molar-refractivity contribution in [2.45, 2.75) is 78.4 Å². The third-order valence-electron chi connectivity index (χ3n) is 8.46. The number of allylic oxidation sites excluding steroid dienone is 1. The molecule has 2 heterocycles.